The summed E-state index contributed by atoms with van der Waals surface area (Å²) in [6, 6.07) is 10.9. The predicted octanol–water partition coefficient (Wildman–Crippen LogP) is 1.47. The minimum Gasteiger partial charge on any atom is -0.314 e. The zero-order chi connectivity index (χ0) is 11.2. The van der Waals surface area contributed by atoms with Crippen molar-refractivity contribution >= 4 is 0 Å². The molecule has 1 heterocycles. The molecule has 0 amide bonds. The van der Waals surface area contributed by atoms with E-state index in [9.17, 15) is 4.39 Å². The quantitative estimate of drug-likeness (QED) is 0.830. The molecule has 1 aromatic carbocycles. The van der Waals surface area contributed by atoms with Crippen LogP contribution >= 0.6 is 0 Å². The van der Waals surface area contributed by atoms with Gasteiger partial charge < -0.3 is 5.32 Å². The molecule has 0 radical (unpaired) electrons. The molecule has 88 valence electrons. The summed E-state index contributed by atoms with van der Waals surface area (Å²) in [4.78, 5) is 2.25. The molecule has 0 saturated carbocycles. The van der Waals surface area contributed by atoms with E-state index in [4.69, 9.17) is 0 Å². The molecule has 16 heavy (non-hydrogen) atoms. The van der Waals surface area contributed by atoms with Crippen molar-refractivity contribution in [2.75, 3.05) is 32.9 Å². The molecule has 1 atom stereocenters. The van der Waals surface area contributed by atoms with Crippen molar-refractivity contribution in [3.05, 3.63) is 35.9 Å². The van der Waals surface area contributed by atoms with Crippen molar-refractivity contribution in [3.63, 3.8) is 0 Å². The minimum absolute atomic E-state index is 0.245. The summed E-state index contributed by atoms with van der Waals surface area (Å²) in [6.45, 7) is 3.23. The molecule has 0 aromatic heterocycles. The molecular weight excluding hydrogens is 203 g/mol. The Labute approximate surface area is 96.5 Å². The molecule has 1 aliphatic rings. The van der Waals surface area contributed by atoms with Gasteiger partial charge in [-0.15, -0.1) is 0 Å². The van der Waals surface area contributed by atoms with Gasteiger partial charge in [-0.2, -0.15) is 0 Å². The number of nitrogens with one attached hydrogen (secondary N) is 1. The van der Waals surface area contributed by atoms with Gasteiger partial charge in [0.1, 0.15) is 6.67 Å². The summed E-state index contributed by atoms with van der Waals surface area (Å²) >= 11 is 0. The van der Waals surface area contributed by atoms with Gasteiger partial charge in [0.15, 0.2) is 0 Å². The molecule has 2 nitrogen and oxygen atoms in total. The smallest absolute Gasteiger partial charge is 0.102 e. The Morgan fingerprint density at radius 2 is 2.12 bits per heavy atom. The van der Waals surface area contributed by atoms with E-state index >= 15 is 0 Å². The normalized spacial score (nSPS) is 22.2. The van der Waals surface area contributed by atoms with Crippen molar-refractivity contribution in [3.8, 4) is 0 Å². The van der Waals surface area contributed by atoms with E-state index in [0.717, 1.165) is 26.1 Å². The van der Waals surface area contributed by atoms with E-state index < -0.39 is 0 Å². The molecule has 2 rings (SSSR count). The van der Waals surface area contributed by atoms with Crippen molar-refractivity contribution in [2.45, 2.75) is 12.5 Å². The van der Waals surface area contributed by atoms with Crippen molar-refractivity contribution in [1.82, 2.24) is 10.2 Å². The molecule has 3 heteroatoms. The number of benzene rings is 1. The highest BCUT2D eigenvalue weighted by molar-refractivity contribution is 5.16. The van der Waals surface area contributed by atoms with Crippen molar-refractivity contribution < 1.29 is 4.39 Å². The van der Waals surface area contributed by atoms with Gasteiger partial charge in [0.2, 0.25) is 0 Å². The lowest BCUT2D eigenvalue weighted by molar-refractivity contribution is 0.149. The van der Waals surface area contributed by atoms with Gasteiger partial charge in [-0.3, -0.25) is 4.90 Å². The predicted molar refractivity (Wildman–Crippen MR) is 64.4 cm³/mol. The summed E-state index contributed by atoms with van der Waals surface area (Å²) in [5, 5.41) is 3.38. The third-order valence-electron chi connectivity index (χ3n) is 3.16. The Hall–Kier alpha value is -0.930. The largest absolute Gasteiger partial charge is 0.314 e. The lowest BCUT2D eigenvalue weighted by atomic mass is 10.0. The number of nitrogens with zero attached hydrogens (tertiary/aromatic N) is 1. The van der Waals surface area contributed by atoms with E-state index in [-0.39, 0.29) is 6.67 Å². The Bertz CT molecular complexity index is 300. The van der Waals surface area contributed by atoms with E-state index in [2.05, 4.69) is 34.5 Å². The molecular formula is C13H19FN2. The lowest BCUT2D eigenvalue weighted by Crippen LogP contribution is -2.52. The van der Waals surface area contributed by atoms with Gasteiger partial charge in [-0.1, -0.05) is 30.3 Å². The molecule has 1 saturated heterocycles. The van der Waals surface area contributed by atoms with E-state index in [1.54, 1.807) is 0 Å². The average molecular weight is 222 g/mol. The number of hydrogen-bond acceptors (Lipinski definition) is 2. The molecule has 0 aliphatic carbocycles. The lowest BCUT2D eigenvalue weighted by Gasteiger charge is -2.35. The fourth-order valence-corrected chi connectivity index (χ4v) is 2.29. The van der Waals surface area contributed by atoms with Crippen molar-refractivity contribution in [2.24, 2.45) is 0 Å². The third kappa shape index (κ3) is 3.03. The highest BCUT2D eigenvalue weighted by Crippen LogP contribution is 2.10. The Morgan fingerprint density at radius 1 is 1.31 bits per heavy atom. The van der Waals surface area contributed by atoms with Crippen LogP contribution in [0.3, 0.4) is 0 Å². The van der Waals surface area contributed by atoms with Gasteiger partial charge in [0.25, 0.3) is 0 Å². The number of hydrogen-bond donors (Lipinski definition) is 1. The average Bonchev–Trinajstić information content (AvgIpc) is 2.33. The standard InChI is InChI=1S/C13H19FN2/c14-6-8-16-9-7-15-11-13(16)10-12-4-2-1-3-5-12/h1-5,13,15H,6-11H2. The molecule has 1 fully saturated rings. The number of rotatable bonds is 4. The zero-order valence-electron chi connectivity index (χ0n) is 9.53. The van der Waals surface area contributed by atoms with Crippen LogP contribution < -0.4 is 5.32 Å². The maximum absolute atomic E-state index is 12.4. The van der Waals surface area contributed by atoms with Gasteiger partial charge in [0.05, 0.1) is 0 Å². The van der Waals surface area contributed by atoms with Gasteiger partial charge >= 0.3 is 0 Å². The first-order chi connectivity index (χ1) is 7.90. The Kier molecular flexibility index (Phi) is 4.31. The van der Waals surface area contributed by atoms with Crippen LogP contribution in [0.1, 0.15) is 5.56 Å². The first-order valence-electron chi connectivity index (χ1n) is 5.95. The fourth-order valence-electron chi connectivity index (χ4n) is 2.29. The summed E-state index contributed by atoms with van der Waals surface area (Å²) in [5.74, 6) is 0. The monoisotopic (exact) mass is 222 g/mol. The van der Waals surface area contributed by atoms with Gasteiger partial charge in [-0.25, -0.2) is 4.39 Å². The fraction of sp³-hybridized carbons (Fsp3) is 0.538. The maximum Gasteiger partial charge on any atom is 0.102 e. The topological polar surface area (TPSA) is 15.3 Å². The van der Waals surface area contributed by atoms with Crippen LogP contribution in [0.25, 0.3) is 0 Å². The van der Waals surface area contributed by atoms with E-state index in [1.165, 1.54) is 5.56 Å². The van der Waals surface area contributed by atoms with Gasteiger partial charge in [0, 0.05) is 32.2 Å². The SMILES string of the molecule is FCCN1CCNCC1Cc1ccccc1. The third-order valence-corrected chi connectivity index (χ3v) is 3.16. The Morgan fingerprint density at radius 3 is 2.88 bits per heavy atom. The van der Waals surface area contributed by atoms with Crippen LogP contribution in [-0.2, 0) is 6.42 Å². The zero-order valence-corrected chi connectivity index (χ0v) is 9.53. The highest BCUT2D eigenvalue weighted by Gasteiger charge is 2.21. The van der Waals surface area contributed by atoms with Crippen LogP contribution in [0.2, 0.25) is 0 Å². The second-order valence-electron chi connectivity index (χ2n) is 4.27. The van der Waals surface area contributed by atoms with Crippen LogP contribution in [0.15, 0.2) is 30.3 Å². The highest BCUT2D eigenvalue weighted by atomic mass is 19.1. The van der Waals surface area contributed by atoms with E-state index in [1.807, 2.05) is 6.07 Å². The van der Waals surface area contributed by atoms with Crippen molar-refractivity contribution in [1.29, 1.82) is 0 Å². The molecule has 1 aliphatic heterocycles. The number of halogens is 1. The van der Waals surface area contributed by atoms with Crippen LogP contribution in [-0.4, -0.2) is 43.8 Å². The minimum atomic E-state index is -0.245. The summed E-state index contributed by atoms with van der Waals surface area (Å²) in [7, 11) is 0. The van der Waals surface area contributed by atoms with E-state index in [0.29, 0.717) is 12.6 Å². The second kappa shape index (κ2) is 5.97. The molecule has 1 unspecified atom stereocenters. The molecule has 0 bridgehead atoms. The number of piperazine rings is 1. The summed E-state index contributed by atoms with van der Waals surface area (Å²) < 4.78 is 12.4. The first kappa shape index (κ1) is 11.6. The number of alkyl halides is 1. The maximum atomic E-state index is 12.4. The van der Waals surface area contributed by atoms with Crippen LogP contribution in [0.4, 0.5) is 4.39 Å². The second-order valence-corrected chi connectivity index (χ2v) is 4.27. The van der Waals surface area contributed by atoms with Crippen LogP contribution in [0.5, 0.6) is 0 Å². The molecule has 1 aromatic rings. The first-order valence-corrected chi connectivity index (χ1v) is 5.95. The van der Waals surface area contributed by atoms with Crippen LogP contribution in [0, 0.1) is 0 Å². The Balaban J connectivity index is 1.96. The molecule has 0 spiro atoms. The van der Waals surface area contributed by atoms with Gasteiger partial charge in [-0.05, 0) is 12.0 Å². The summed E-state index contributed by atoms with van der Waals surface area (Å²) in [6.07, 6.45) is 1.01. The summed E-state index contributed by atoms with van der Waals surface area (Å²) in [5.41, 5.74) is 1.33. The molecule has 1 N–H and O–H groups in total.